The monoisotopic (exact) mass is 549 g/mol. The zero-order valence-corrected chi connectivity index (χ0v) is 23.0. The fraction of sp³-hybridized carbons (Fsp3) is 0. The second-order valence-corrected chi connectivity index (χ2v) is 11.1. The quantitative estimate of drug-likeness (QED) is 0.202. The lowest BCUT2D eigenvalue weighted by Crippen LogP contribution is -1.96. The molecular formula is C38H23N5. The number of hydrogen-bond acceptors (Lipinski definition) is 2. The van der Waals surface area contributed by atoms with Crippen molar-refractivity contribution in [2.24, 2.45) is 0 Å². The van der Waals surface area contributed by atoms with Crippen molar-refractivity contribution in [1.82, 2.24) is 23.5 Å². The molecule has 5 aromatic carbocycles. The topological polar surface area (TPSA) is 40.0 Å². The summed E-state index contributed by atoms with van der Waals surface area (Å²) < 4.78 is 7.05. The van der Waals surface area contributed by atoms with Crippen molar-refractivity contribution < 1.29 is 0 Å². The van der Waals surface area contributed by atoms with Crippen molar-refractivity contribution in [1.29, 1.82) is 0 Å². The fourth-order valence-corrected chi connectivity index (χ4v) is 7.21. The molecule has 0 atom stereocenters. The van der Waals surface area contributed by atoms with Crippen LogP contribution in [-0.4, -0.2) is 23.5 Å². The van der Waals surface area contributed by atoms with Gasteiger partial charge in [0, 0.05) is 68.5 Å². The van der Waals surface area contributed by atoms with Crippen molar-refractivity contribution in [2.75, 3.05) is 0 Å². The molecule has 10 rings (SSSR count). The molecule has 200 valence electrons. The van der Waals surface area contributed by atoms with Crippen LogP contribution in [0.1, 0.15) is 0 Å². The summed E-state index contributed by atoms with van der Waals surface area (Å²) in [6.45, 7) is 0. The van der Waals surface area contributed by atoms with Gasteiger partial charge in [-0.25, -0.2) is 4.98 Å². The van der Waals surface area contributed by atoms with Crippen LogP contribution in [0.5, 0.6) is 0 Å². The Morgan fingerprint density at radius 2 is 1.19 bits per heavy atom. The van der Waals surface area contributed by atoms with Gasteiger partial charge >= 0.3 is 0 Å². The summed E-state index contributed by atoms with van der Waals surface area (Å²) in [7, 11) is 0. The standard InChI is InChI=1S/C38H23N5/c1-3-9-24(10-4-1)42-32-14-8-7-13-28(32)36-33(42)16-15-27-30-21-34-29(22-35(30)43(37(27)36)25-11-5-2-6-12-25)26-17-18-39-23-31(26)38-40-19-20-41(34)38/h1-23H. The highest BCUT2D eigenvalue weighted by atomic mass is 15.0. The third kappa shape index (κ3) is 2.95. The Kier molecular flexibility index (Phi) is 4.39. The Morgan fingerprint density at radius 3 is 2.02 bits per heavy atom. The second-order valence-electron chi connectivity index (χ2n) is 11.1. The first-order valence-electron chi connectivity index (χ1n) is 14.5. The Hall–Kier alpha value is -5.94. The van der Waals surface area contributed by atoms with Gasteiger partial charge in [-0.1, -0.05) is 60.7 Å². The lowest BCUT2D eigenvalue weighted by molar-refractivity contribution is 1.17. The van der Waals surface area contributed by atoms with Crippen molar-refractivity contribution in [3.8, 4) is 11.4 Å². The van der Waals surface area contributed by atoms with Crippen LogP contribution in [0.3, 0.4) is 0 Å². The number of aromatic nitrogens is 5. The molecule has 0 radical (unpaired) electrons. The molecule has 0 aliphatic carbocycles. The summed E-state index contributed by atoms with van der Waals surface area (Å²) in [5, 5.41) is 8.32. The van der Waals surface area contributed by atoms with E-state index in [-0.39, 0.29) is 0 Å². The Bertz CT molecular complexity index is 2710. The maximum absolute atomic E-state index is 4.71. The van der Waals surface area contributed by atoms with E-state index in [0.717, 1.165) is 33.3 Å². The minimum Gasteiger partial charge on any atom is -0.309 e. The molecule has 5 heterocycles. The molecule has 0 amide bonds. The predicted octanol–water partition coefficient (Wildman–Crippen LogP) is 9.23. The number of hydrogen-bond donors (Lipinski definition) is 0. The number of para-hydroxylation sites is 3. The molecule has 0 aliphatic heterocycles. The van der Waals surface area contributed by atoms with Crippen LogP contribution < -0.4 is 0 Å². The molecule has 0 saturated carbocycles. The number of rotatable bonds is 2. The summed E-state index contributed by atoms with van der Waals surface area (Å²) in [6, 6.07) is 41.6. The summed E-state index contributed by atoms with van der Waals surface area (Å²) in [5.41, 5.74) is 9.14. The smallest absolute Gasteiger partial charge is 0.146 e. The molecule has 43 heavy (non-hydrogen) atoms. The van der Waals surface area contributed by atoms with Gasteiger partial charge in [-0.3, -0.25) is 9.38 Å². The zero-order chi connectivity index (χ0) is 28.1. The van der Waals surface area contributed by atoms with Gasteiger partial charge < -0.3 is 9.13 Å². The third-order valence-electron chi connectivity index (χ3n) is 8.96. The summed E-state index contributed by atoms with van der Waals surface area (Å²) >= 11 is 0. The van der Waals surface area contributed by atoms with Gasteiger partial charge in [-0.15, -0.1) is 0 Å². The van der Waals surface area contributed by atoms with Crippen LogP contribution >= 0.6 is 0 Å². The molecule has 0 unspecified atom stereocenters. The first-order chi connectivity index (χ1) is 21.4. The molecule has 0 N–H and O–H groups in total. The van der Waals surface area contributed by atoms with E-state index in [1.807, 2.05) is 18.6 Å². The summed E-state index contributed by atoms with van der Waals surface area (Å²) in [5.74, 6) is 0. The highest BCUT2D eigenvalue weighted by molar-refractivity contribution is 6.28. The Labute approximate surface area is 245 Å². The van der Waals surface area contributed by atoms with Gasteiger partial charge in [-0.2, -0.15) is 0 Å². The Balaban J connectivity index is 1.48. The molecule has 0 saturated heterocycles. The van der Waals surface area contributed by atoms with E-state index >= 15 is 0 Å². The van der Waals surface area contributed by atoms with Crippen molar-refractivity contribution in [3.63, 3.8) is 0 Å². The van der Waals surface area contributed by atoms with E-state index in [4.69, 9.17) is 4.98 Å². The third-order valence-corrected chi connectivity index (χ3v) is 8.96. The lowest BCUT2D eigenvalue weighted by Gasteiger charge is -2.11. The number of nitrogens with zero attached hydrogens (tertiary/aromatic N) is 5. The molecular weight excluding hydrogens is 526 g/mol. The number of fused-ring (bicyclic) bond motifs is 13. The van der Waals surface area contributed by atoms with E-state index in [2.05, 4.69) is 140 Å². The molecule has 5 aromatic heterocycles. The molecule has 0 bridgehead atoms. The van der Waals surface area contributed by atoms with Gasteiger partial charge in [-0.05, 0) is 60.0 Å². The number of benzene rings is 5. The van der Waals surface area contributed by atoms with Crippen molar-refractivity contribution in [2.45, 2.75) is 0 Å². The molecule has 0 spiro atoms. The van der Waals surface area contributed by atoms with Gasteiger partial charge in [0.2, 0.25) is 0 Å². The minimum absolute atomic E-state index is 0.926. The molecule has 5 heteroatoms. The summed E-state index contributed by atoms with van der Waals surface area (Å²) in [4.78, 5) is 9.15. The highest BCUT2D eigenvalue weighted by Gasteiger charge is 2.22. The van der Waals surface area contributed by atoms with Crippen LogP contribution in [-0.2, 0) is 0 Å². The number of pyridine rings is 2. The van der Waals surface area contributed by atoms with Gasteiger partial charge in [0.1, 0.15) is 5.65 Å². The van der Waals surface area contributed by atoms with Crippen LogP contribution in [0.15, 0.2) is 140 Å². The SMILES string of the molecule is c1ccc(-n2c3ccccc3c3c2ccc2c4cc5c(cc4n(-c4ccccc4)c23)c2ccncc2c2nccn52)cc1. The maximum atomic E-state index is 4.71. The molecule has 10 aromatic rings. The average Bonchev–Trinajstić information content (AvgIpc) is 3.78. The number of imidazole rings is 1. The first-order valence-corrected chi connectivity index (χ1v) is 14.5. The largest absolute Gasteiger partial charge is 0.309 e. The summed E-state index contributed by atoms with van der Waals surface area (Å²) in [6.07, 6.45) is 7.73. The Morgan fingerprint density at radius 1 is 0.465 bits per heavy atom. The van der Waals surface area contributed by atoms with E-state index in [1.54, 1.807) is 0 Å². The van der Waals surface area contributed by atoms with E-state index in [0.29, 0.717) is 0 Å². The zero-order valence-electron chi connectivity index (χ0n) is 23.0. The second kappa shape index (κ2) is 8.30. The molecule has 0 fully saturated rings. The van der Waals surface area contributed by atoms with Crippen LogP contribution in [0.2, 0.25) is 0 Å². The van der Waals surface area contributed by atoms with E-state index < -0.39 is 0 Å². The molecule has 5 nitrogen and oxygen atoms in total. The van der Waals surface area contributed by atoms with Crippen LogP contribution in [0, 0.1) is 0 Å². The normalized spacial score (nSPS) is 12.2. The predicted molar refractivity (Wildman–Crippen MR) is 177 cm³/mol. The van der Waals surface area contributed by atoms with Crippen molar-refractivity contribution in [3.05, 3.63) is 140 Å². The van der Waals surface area contributed by atoms with E-state index in [9.17, 15) is 0 Å². The van der Waals surface area contributed by atoms with Crippen molar-refractivity contribution >= 4 is 70.9 Å². The average molecular weight is 550 g/mol. The van der Waals surface area contributed by atoms with Gasteiger partial charge in [0.25, 0.3) is 0 Å². The van der Waals surface area contributed by atoms with Crippen LogP contribution in [0.4, 0.5) is 0 Å². The highest BCUT2D eigenvalue weighted by Crippen LogP contribution is 2.43. The van der Waals surface area contributed by atoms with Gasteiger partial charge in [0.15, 0.2) is 0 Å². The van der Waals surface area contributed by atoms with Gasteiger partial charge in [0.05, 0.1) is 27.6 Å². The maximum Gasteiger partial charge on any atom is 0.146 e. The lowest BCUT2D eigenvalue weighted by atomic mass is 10.0. The van der Waals surface area contributed by atoms with E-state index in [1.165, 1.54) is 49.0 Å². The fourth-order valence-electron chi connectivity index (χ4n) is 7.21. The van der Waals surface area contributed by atoms with Crippen LogP contribution in [0.25, 0.3) is 82.3 Å². The molecule has 0 aliphatic rings. The minimum atomic E-state index is 0.926. The first kappa shape index (κ1) is 22.7.